The molecule has 45 heavy (non-hydrogen) atoms. The second-order valence-corrected chi connectivity index (χ2v) is 11.7. The molecule has 2 aliphatic rings. The first-order valence-corrected chi connectivity index (χ1v) is 15.6. The van der Waals surface area contributed by atoms with Crippen LogP contribution in [-0.2, 0) is 57.8 Å². The van der Waals surface area contributed by atoms with Gasteiger partial charge < -0.3 is 38.3 Å². The van der Waals surface area contributed by atoms with Crippen molar-refractivity contribution in [3.8, 4) is 0 Å². The van der Waals surface area contributed by atoms with Crippen LogP contribution in [0.1, 0.15) is 44.4 Å². The number of hydrogen-bond donors (Lipinski definition) is 1. The van der Waals surface area contributed by atoms with Gasteiger partial charge in [-0.1, -0.05) is 91.0 Å². The van der Waals surface area contributed by atoms with Gasteiger partial charge in [0.05, 0.1) is 38.1 Å². The summed E-state index contributed by atoms with van der Waals surface area (Å²) in [5.41, 5.74) is 2.92. The van der Waals surface area contributed by atoms with Gasteiger partial charge in [-0.25, -0.2) is 0 Å². The number of carbonyl (C=O) groups is 1. The van der Waals surface area contributed by atoms with Crippen LogP contribution < -0.4 is 0 Å². The SMILES string of the molecule is CC(=O)O[C@H]1C(O[C@@H]2OC(C)[C@H](OCc3ccccc3)C(OCc3ccccc3)[C@@H]2O)[C@@H](OCc2ccccc2)C(C)O[C@H]1C. The zero-order valence-corrected chi connectivity index (χ0v) is 26.3. The quantitative estimate of drug-likeness (QED) is 0.281. The Labute approximate surface area is 265 Å². The largest absolute Gasteiger partial charge is 0.457 e. The lowest BCUT2D eigenvalue weighted by Crippen LogP contribution is -2.64. The molecule has 9 nitrogen and oxygen atoms in total. The number of aliphatic hydroxyl groups is 1. The lowest BCUT2D eigenvalue weighted by molar-refractivity contribution is -0.346. The molecule has 1 N–H and O–H groups in total. The number of carbonyl (C=O) groups excluding carboxylic acids is 1. The zero-order valence-electron chi connectivity index (χ0n) is 26.3. The topological polar surface area (TPSA) is 102 Å². The van der Waals surface area contributed by atoms with Gasteiger partial charge in [-0.05, 0) is 37.5 Å². The normalized spacial score (nSPS) is 31.8. The molecular formula is C36H44O9. The van der Waals surface area contributed by atoms with E-state index in [-0.39, 0.29) is 6.61 Å². The number of esters is 1. The molecule has 5 rings (SSSR count). The monoisotopic (exact) mass is 620 g/mol. The summed E-state index contributed by atoms with van der Waals surface area (Å²) in [7, 11) is 0. The van der Waals surface area contributed by atoms with Gasteiger partial charge in [0.15, 0.2) is 12.4 Å². The lowest BCUT2D eigenvalue weighted by atomic mass is 9.94. The van der Waals surface area contributed by atoms with Crippen molar-refractivity contribution in [3.05, 3.63) is 108 Å². The predicted molar refractivity (Wildman–Crippen MR) is 166 cm³/mol. The van der Waals surface area contributed by atoms with Crippen LogP contribution in [0.15, 0.2) is 91.0 Å². The van der Waals surface area contributed by atoms with Crippen molar-refractivity contribution >= 4 is 5.97 Å². The van der Waals surface area contributed by atoms with E-state index in [0.717, 1.165) is 16.7 Å². The van der Waals surface area contributed by atoms with Crippen LogP contribution in [0.2, 0.25) is 0 Å². The minimum absolute atomic E-state index is 0.261. The second kappa shape index (κ2) is 15.9. The molecule has 0 bridgehead atoms. The number of rotatable bonds is 12. The molecule has 3 aromatic carbocycles. The van der Waals surface area contributed by atoms with Crippen LogP contribution in [0, 0.1) is 0 Å². The molecule has 4 unspecified atom stereocenters. The third kappa shape index (κ3) is 8.77. The van der Waals surface area contributed by atoms with E-state index in [4.69, 9.17) is 33.2 Å². The molecule has 2 fully saturated rings. The Balaban J connectivity index is 1.38. The summed E-state index contributed by atoms with van der Waals surface area (Å²) in [6.07, 6.45) is -7.37. The first-order chi connectivity index (χ1) is 21.8. The maximum absolute atomic E-state index is 12.2. The summed E-state index contributed by atoms with van der Waals surface area (Å²) in [4.78, 5) is 12.2. The second-order valence-electron chi connectivity index (χ2n) is 11.7. The highest BCUT2D eigenvalue weighted by atomic mass is 16.7. The number of hydrogen-bond acceptors (Lipinski definition) is 9. The highest BCUT2D eigenvalue weighted by molar-refractivity contribution is 5.66. The van der Waals surface area contributed by atoms with Crippen molar-refractivity contribution in [1.82, 2.24) is 0 Å². The molecule has 0 aromatic heterocycles. The predicted octanol–water partition coefficient (Wildman–Crippen LogP) is 4.97. The van der Waals surface area contributed by atoms with Gasteiger partial charge in [-0.15, -0.1) is 0 Å². The Morgan fingerprint density at radius 2 is 1.00 bits per heavy atom. The van der Waals surface area contributed by atoms with Crippen molar-refractivity contribution in [2.75, 3.05) is 0 Å². The van der Waals surface area contributed by atoms with Gasteiger partial charge in [0, 0.05) is 6.92 Å². The third-order valence-electron chi connectivity index (χ3n) is 8.20. The molecule has 10 atom stereocenters. The molecule has 0 spiro atoms. The molecule has 0 aliphatic carbocycles. The van der Waals surface area contributed by atoms with Crippen molar-refractivity contribution in [2.45, 2.75) is 109 Å². The minimum Gasteiger partial charge on any atom is -0.457 e. The van der Waals surface area contributed by atoms with E-state index in [1.54, 1.807) is 0 Å². The van der Waals surface area contributed by atoms with Crippen molar-refractivity contribution in [3.63, 3.8) is 0 Å². The van der Waals surface area contributed by atoms with Crippen LogP contribution >= 0.6 is 0 Å². The van der Waals surface area contributed by atoms with E-state index in [2.05, 4.69) is 0 Å². The van der Waals surface area contributed by atoms with E-state index in [9.17, 15) is 9.90 Å². The Bertz CT molecular complexity index is 1310. The molecule has 2 saturated heterocycles. The first kappa shape index (κ1) is 33.2. The standard InChI is InChI=1S/C36H44O9/c1-23-32(40-21-28-16-10-6-11-17-28)35(33(25(3)42-23)44-26(4)37)45-36-30(38)34(41-22-29-18-12-7-13-19-29)31(24(2)43-36)39-20-27-14-8-5-9-15-27/h5-19,23-25,30-36,38H,20-22H2,1-4H3/t23?,24?,25-,30-,31-,32-,33+,34?,35?,36-/m0/s1. The molecule has 242 valence electrons. The molecular weight excluding hydrogens is 576 g/mol. The molecule has 2 heterocycles. The van der Waals surface area contributed by atoms with Gasteiger partial charge in [-0.3, -0.25) is 4.79 Å². The highest BCUT2D eigenvalue weighted by Gasteiger charge is 2.52. The summed E-state index contributed by atoms with van der Waals surface area (Å²) in [6, 6.07) is 29.3. The Morgan fingerprint density at radius 3 is 1.47 bits per heavy atom. The molecule has 9 heteroatoms. The maximum atomic E-state index is 12.2. The van der Waals surface area contributed by atoms with E-state index >= 15 is 0 Å². The van der Waals surface area contributed by atoms with Crippen LogP contribution in [0.25, 0.3) is 0 Å². The fourth-order valence-electron chi connectivity index (χ4n) is 5.93. The van der Waals surface area contributed by atoms with Gasteiger partial charge in [0.2, 0.25) is 0 Å². The average Bonchev–Trinajstić information content (AvgIpc) is 3.04. The van der Waals surface area contributed by atoms with Crippen molar-refractivity contribution < 1.29 is 43.1 Å². The van der Waals surface area contributed by atoms with Crippen molar-refractivity contribution in [1.29, 1.82) is 0 Å². The third-order valence-corrected chi connectivity index (χ3v) is 8.20. The van der Waals surface area contributed by atoms with Crippen LogP contribution in [-0.4, -0.2) is 72.3 Å². The summed E-state index contributed by atoms with van der Waals surface area (Å²) in [5, 5.41) is 11.8. The Hall–Kier alpha value is -3.15. The molecule has 0 saturated carbocycles. The van der Waals surface area contributed by atoms with Gasteiger partial charge >= 0.3 is 5.97 Å². The Morgan fingerprint density at radius 1 is 0.600 bits per heavy atom. The summed E-state index contributed by atoms with van der Waals surface area (Å²) >= 11 is 0. The summed E-state index contributed by atoms with van der Waals surface area (Å²) in [5.74, 6) is -0.475. The van der Waals surface area contributed by atoms with E-state index < -0.39 is 67.2 Å². The Kier molecular flexibility index (Phi) is 11.7. The van der Waals surface area contributed by atoms with Crippen LogP contribution in [0.5, 0.6) is 0 Å². The average molecular weight is 621 g/mol. The molecule has 2 aliphatic heterocycles. The zero-order chi connectivity index (χ0) is 31.8. The fraction of sp³-hybridized carbons (Fsp3) is 0.472. The molecule has 0 amide bonds. The number of benzene rings is 3. The number of aliphatic hydroxyl groups excluding tert-OH is 1. The lowest BCUT2D eigenvalue weighted by Gasteiger charge is -2.48. The summed E-state index contributed by atoms with van der Waals surface area (Å²) < 4.78 is 43.8. The van der Waals surface area contributed by atoms with Gasteiger partial charge in [0.25, 0.3) is 0 Å². The van der Waals surface area contributed by atoms with E-state index in [1.807, 2.05) is 112 Å². The van der Waals surface area contributed by atoms with Gasteiger partial charge in [0.1, 0.15) is 30.5 Å². The van der Waals surface area contributed by atoms with Crippen LogP contribution in [0.3, 0.4) is 0 Å². The van der Waals surface area contributed by atoms with E-state index in [0.29, 0.717) is 13.2 Å². The van der Waals surface area contributed by atoms with Gasteiger partial charge in [-0.2, -0.15) is 0 Å². The molecule has 3 aromatic rings. The fourth-order valence-corrected chi connectivity index (χ4v) is 5.93. The minimum atomic E-state index is -1.23. The van der Waals surface area contributed by atoms with E-state index in [1.165, 1.54) is 6.92 Å². The summed E-state index contributed by atoms with van der Waals surface area (Å²) in [6.45, 7) is 7.82. The van der Waals surface area contributed by atoms with Crippen molar-refractivity contribution in [2.24, 2.45) is 0 Å². The maximum Gasteiger partial charge on any atom is 0.303 e. The first-order valence-electron chi connectivity index (χ1n) is 15.6. The highest BCUT2D eigenvalue weighted by Crippen LogP contribution is 2.34. The number of ether oxygens (including phenoxy) is 7. The molecule has 0 radical (unpaired) electrons. The van der Waals surface area contributed by atoms with Crippen LogP contribution in [0.4, 0.5) is 0 Å². The smallest absolute Gasteiger partial charge is 0.303 e.